The van der Waals surface area contributed by atoms with Gasteiger partial charge in [0, 0.05) is 6.20 Å². The monoisotopic (exact) mass is 233 g/mol. The number of nitrogens with two attached hydrogens (primary N) is 1. The number of H-pyrrole nitrogens is 1. The van der Waals surface area contributed by atoms with E-state index in [4.69, 9.17) is 5.73 Å². The van der Waals surface area contributed by atoms with Gasteiger partial charge in [-0.2, -0.15) is 9.78 Å². The number of nitrogen functional groups attached to an aromatic ring is 1. The van der Waals surface area contributed by atoms with Gasteiger partial charge in [-0.25, -0.2) is 0 Å². The zero-order chi connectivity index (χ0) is 12.4. The third-order valence-corrected chi connectivity index (χ3v) is 2.41. The van der Waals surface area contributed by atoms with E-state index in [1.54, 1.807) is 18.3 Å². The van der Waals surface area contributed by atoms with Crippen LogP contribution >= 0.6 is 0 Å². The highest BCUT2D eigenvalue weighted by atomic mass is 16.1. The predicted octanol–water partition coefficient (Wildman–Crippen LogP) is 0.736. The van der Waals surface area contributed by atoms with Crippen molar-refractivity contribution in [1.29, 1.82) is 0 Å². The molecule has 0 spiro atoms. The first-order valence-electron chi connectivity index (χ1n) is 5.47. The molecule has 0 saturated heterocycles. The molecule has 6 heteroatoms. The van der Waals surface area contributed by atoms with Crippen molar-refractivity contribution in [2.75, 3.05) is 5.73 Å². The van der Waals surface area contributed by atoms with Crippen molar-refractivity contribution >= 4 is 5.69 Å². The molecule has 0 aliphatic rings. The van der Waals surface area contributed by atoms with E-state index in [0.717, 1.165) is 12.1 Å². The fourth-order valence-electron chi connectivity index (χ4n) is 1.63. The van der Waals surface area contributed by atoms with E-state index < -0.39 is 0 Å². The lowest BCUT2D eigenvalue weighted by molar-refractivity contribution is 0.626. The second-order valence-corrected chi connectivity index (χ2v) is 4.32. The Balaban J connectivity index is 2.47. The zero-order valence-corrected chi connectivity index (χ0v) is 9.84. The summed E-state index contributed by atoms with van der Waals surface area (Å²) in [5.41, 5.74) is 6.50. The SMILES string of the molecule is CC(C)Cc1[nH]n(-c2cccnn2)c(=O)c1N. The first kappa shape index (κ1) is 11.4. The Labute approximate surface area is 98.5 Å². The number of anilines is 1. The van der Waals surface area contributed by atoms with E-state index in [1.807, 2.05) is 0 Å². The Kier molecular flexibility index (Phi) is 2.95. The van der Waals surface area contributed by atoms with Crippen LogP contribution in [0.25, 0.3) is 5.82 Å². The first-order valence-corrected chi connectivity index (χ1v) is 5.47. The van der Waals surface area contributed by atoms with Crippen molar-refractivity contribution in [2.45, 2.75) is 20.3 Å². The topological polar surface area (TPSA) is 89.6 Å². The van der Waals surface area contributed by atoms with E-state index in [9.17, 15) is 4.79 Å². The van der Waals surface area contributed by atoms with E-state index >= 15 is 0 Å². The van der Waals surface area contributed by atoms with E-state index in [2.05, 4.69) is 29.1 Å². The van der Waals surface area contributed by atoms with Crippen LogP contribution < -0.4 is 11.3 Å². The molecule has 6 nitrogen and oxygen atoms in total. The van der Waals surface area contributed by atoms with Gasteiger partial charge in [0.05, 0.1) is 5.69 Å². The fraction of sp³-hybridized carbons (Fsp3) is 0.364. The maximum atomic E-state index is 11.9. The van der Waals surface area contributed by atoms with E-state index in [0.29, 0.717) is 11.7 Å². The molecular formula is C11H15N5O. The standard InChI is InChI=1S/C11H15N5O/c1-7(2)6-8-10(12)11(17)16(15-8)9-4-3-5-13-14-9/h3-5,7,15H,6,12H2,1-2H3. The smallest absolute Gasteiger partial charge is 0.296 e. The van der Waals surface area contributed by atoms with Crippen LogP contribution in [-0.4, -0.2) is 20.0 Å². The Morgan fingerprint density at radius 2 is 2.29 bits per heavy atom. The van der Waals surface area contributed by atoms with Crippen LogP contribution in [0.15, 0.2) is 23.1 Å². The number of nitrogens with one attached hydrogen (secondary N) is 1. The van der Waals surface area contributed by atoms with Gasteiger partial charge < -0.3 is 5.73 Å². The van der Waals surface area contributed by atoms with E-state index in [1.165, 1.54) is 4.68 Å². The number of rotatable bonds is 3. The lowest BCUT2D eigenvalue weighted by atomic mass is 10.1. The molecule has 17 heavy (non-hydrogen) atoms. The molecule has 0 amide bonds. The maximum absolute atomic E-state index is 11.9. The van der Waals surface area contributed by atoms with Gasteiger partial charge >= 0.3 is 0 Å². The van der Waals surface area contributed by atoms with Crippen LogP contribution in [0.5, 0.6) is 0 Å². The van der Waals surface area contributed by atoms with Crippen molar-refractivity contribution in [1.82, 2.24) is 20.0 Å². The summed E-state index contributed by atoms with van der Waals surface area (Å²) in [6.07, 6.45) is 2.28. The molecule has 0 saturated carbocycles. The van der Waals surface area contributed by atoms with Gasteiger partial charge in [0.2, 0.25) is 0 Å². The van der Waals surface area contributed by atoms with Crippen molar-refractivity contribution in [3.8, 4) is 5.82 Å². The van der Waals surface area contributed by atoms with Gasteiger partial charge in [0.25, 0.3) is 5.56 Å². The molecule has 0 aliphatic heterocycles. The molecule has 0 bridgehead atoms. The summed E-state index contributed by atoms with van der Waals surface area (Å²) in [7, 11) is 0. The van der Waals surface area contributed by atoms with Crippen LogP contribution in [0.4, 0.5) is 5.69 Å². The summed E-state index contributed by atoms with van der Waals surface area (Å²) in [6.45, 7) is 4.13. The molecule has 90 valence electrons. The molecule has 2 aromatic rings. The van der Waals surface area contributed by atoms with Crippen molar-refractivity contribution in [3.63, 3.8) is 0 Å². The average Bonchev–Trinajstić information content (AvgIpc) is 2.58. The minimum Gasteiger partial charge on any atom is -0.393 e. The van der Waals surface area contributed by atoms with E-state index in [-0.39, 0.29) is 11.2 Å². The molecule has 0 aromatic carbocycles. The summed E-state index contributed by atoms with van der Waals surface area (Å²) in [5.74, 6) is 0.866. The van der Waals surface area contributed by atoms with Crippen LogP contribution in [0.2, 0.25) is 0 Å². The highest BCUT2D eigenvalue weighted by molar-refractivity contribution is 5.43. The normalized spacial score (nSPS) is 11.0. The second-order valence-electron chi connectivity index (χ2n) is 4.32. The van der Waals surface area contributed by atoms with Crippen LogP contribution in [0.1, 0.15) is 19.5 Å². The second kappa shape index (κ2) is 4.40. The molecule has 0 aliphatic carbocycles. The summed E-state index contributed by atoms with van der Waals surface area (Å²) in [4.78, 5) is 11.9. The van der Waals surface area contributed by atoms with Gasteiger partial charge in [0.1, 0.15) is 5.69 Å². The van der Waals surface area contributed by atoms with Crippen LogP contribution in [0, 0.1) is 5.92 Å². The number of hydrogen-bond acceptors (Lipinski definition) is 4. The molecule has 2 heterocycles. The van der Waals surface area contributed by atoms with Crippen molar-refractivity contribution in [2.24, 2.45) is 5.92 Å². The average molecular weight is 233 g/mol. The van der Waals surface area contributed by atoms with Gasteiger partial charge in [-0.3, -0.25) is 9.89 Å². The Bertz CT molecular complexity index is 555. The summed E-state index contributed by atoms with van der Waals surface area (Å²) in [5, 5.41) is 10.6. The van der Waals surface area contributed by atoms with Gasteiger partial charge in [-0.15, -0.1) is 5.10 Å². The van der Waals surface area contributed by atoms with Crippen LogP contribution in [-0.2, 0) is 6.42 Å². The predicted molar refractivity (Wildman–Crippen MR) is 64.9 cm³/mol. The van der Waals surface area contributed by atoms with Crippen molar-refractivity contribution < 1.29 is 0 Å². The highest BCUT2D eigenvalue weighted by Gasteiger charge is 2.13. The van der Waals surface area contributed by atoms with Crippen molar-refractivity contribution in [3.05, 3.63) is 34.4 Å². The lowest BCUT2D eigenvalue weighted by Gasteiger charge is -2.02. The molecule has 3 N–H and O–H groups in total. The largest absolute Gasteiger partial charge is 0.393 e. The molecule has 0 atom stereocenters. The first-order chi connectivity index (χ1) is 8.09. The van der Waals surface area contributed by atoms with Gasteiger partial charge in [-0.05, 0) is 24.5 Å². The van der Waals surface area contributed by atoms with Crippen LogP contribution in [0.3, 0.4) is 0 Å². The van der Waals surface area contributed by atoms with Gasteiger partial charge in [0.15, 0.2) is 5.82 Å². The van der Waals surface area contributed by atoms with Gasteiger partial charge in [-0.1, -0.05) is 13.8 Å². The Morgan fingerprint density at radius 1 is 1.53 bits per heavy atom. The number of aromatic amines is 1. The highest BCUT2D eigenvalue weighted by Crippen LogP contribution is 2.11. The number of aromatic nitrogens is 4. The molecule has 2 aromatic heterocycles. The summed E-state index contributed by atoms with van der Waals surface area (Å²) >= 11 is 0. The zero-order valence-electron chi connectivity index (χ0n) is 9.84. The Hall–Kier alpha value is -2.11. The summed E-state index contributed by atoms with van der Waals surface area (Å²) in [6, 6.07) is 3.41. The number of hydrogen-bond donors (Lipinski definition) is 2. The maximum Gasteiger partial charge on any atom is 0.296 e. The third kappa shape index (κ3) is 2.20. The molecular weight excluding hydrogens is 218 g/mol. The third-order valence-electron chi connectivity index (χ3n) is 2.41. The summed E-state index contributed by atoms with van der Waals surface area (Å²) < 4.78 is 1.32. The molecule has 0 fully saturated rings. The minimum atomic E-state index is -0.277. The molecule has 0 unspecified atom stereocenters. The minimum absolute atomic E-state index is 0.254. The molecule has 0 radical (unpaired) electrons. The number of nitrogens with zero attached hydrogens (tertiary/aromatic N) is 3. The molecule has 2 rings (SSSR count). The lowest BCUT2D eigenvalue weighted by Crippen LogP contribution is -2.17. The Morgan fingerprint density at radius 3 is 2.88 bits per heavy atom. The quantitative estimate of drug-likeness (QED) is 0.818. The fourth-order valence-corrected chi connectivity index (χ4v) is 1.63.